The monoisotopic (exact) mass is 313 g/mol. The number of hydrogen-bond acceptors (Lipinski definition) is 4. The average Bonchev–Trinajstić information content (AvgIpc) is 2.43. The topological polar surface area (TPSA) is 101 Å². The van der Waals surface area contributed by atoms with Gasteiger partial charge in [-0.15, -0.1) is 0 Å². The molecule has 1 aromatic carbocycles. The van der Waals surface area contributed by atoms with E-state index in [9.17, 15) is 13.2 Å². The van der Waals surface area contributed by atoms with E-state index in [4.69, 9.17) is 5.73 Å². The molecular formula is C14H23N3O3S. The van der Waals surface area contributed by atoms with Gasteiger partial charge >= 0.3 is 0 Å². The van der Waals surface area contributed by atoms with E-state index in [2.05, 4.69) is 10.0 Å². The van der Waals surface area contributed by atoms with E-state index in [-0.39, 0.29) is 10.8 Å². The fraction of sp³-hybridized carbons (Fsp3) is 0.500. The molecule has 1 aromatic rings. The van der Waals surface area contributed by atoms with Crippen LogP contribution >= 0.6 is 0 Å². The summed E-state index contributed by atoms with van der Waals surface area (Å²) in [5.41, 5.74) is 6.50. The van der Waals surface area contributed by atoms with Crippen LogP contribution in [0.1, 0.15) is 35.7 Å². The zero-order valence-electron chi connectivity index (χ0n) is 12.5. The maximum absolute atomic E-state index is 12.1. The summed E-state index contributed by atoms with van der Waals surface area (Å²) in [5, 5.41) is 2.78. The third-order valence-corrected chi connectivity index (χ3v) is 4.56. The van der Waals surface area contributed by atoms with Crippen LogP contribution in [0, 0.1) is 6.92 Å². The van der Waals surface area contributed by atoms with Gasteiger partial charge in [-0.2, -0.15) is 0 Å². The lowest BCUT2D eigenvalue weighted by atomic mass is 10.1. The van der Waals surface area contributed by atoms with Crippen LogP contribution in [0.15, 0.2) is 23.1 Å². The largest absolute Gasteiger partial charge is 0.352 e. The number of benzene rings is 1. The average molecular weight is 313 g/mol. The summed E-state index contributed by atoms with van der Waals surface area (Å²) in [4.78, 5) is 12.2. The molecule has 0 aromatic heterocycles. The van der Waals surface area contributed by atoms with Gasteiger partial charge in [0.2, 0.25) is 10.0 Å². The van der Waals surface area contributed by atoms with Crippen LogP contribution in [0.25, 0.3) is 0 Å². The summed E-state index contributed by atoms with van der Waals surface area (Å²) >= 11 is 0. The van der Waals surface area contributed by atoms with Crippen LogP contribution in [0.4, 0.5) is 0 Å². The minimum atomic E-state index is -3.56. The first kappa shape index (κ1) is 17.6. The predicted molar refractivity (Wildman–Crippen MR) is 82.7 cm³/mol. The smallest absolute Gasteiger partial charge is 0.251 e. The third-order valence-electron chi connectivity index (χ3n) is 3.01. The molecule has 7 heteroatoms. The van der Waals surface area contributed by atoms with Crippen molar-refractivity contribution in [2.24, 2.45) is 5.73 Å². The van der Waals surface area contributed by atoms with Crippen LogP contribution < -0.4 is 15.8 Å². The van der Waals surface area contributed by atoms with E-state index in [1.54, 1.807) is 19.9 Å². The lowest BCUT2D eigenvalue weighted by Gasteiger charge is -2.10. The summed E-state index contributed by atoms with van der Waals surface area (Å²) in [6, 6.07) is 4.54. The number of unbranched alkanes of at least 4 members (excludes halogenated alkanes) is 1. The number of hydrogen-bond donors (Lipinski definition) is 3. The molecule has 0 fully saturated rings. The number of carbonyl (C=O) groups excluding carboxylic acids is 1. The van der Waals surface area contributed by atoms with Crippen molar-refractivity contribution < 1.29 is 13.2 Å². The Morgan fingerprint density at radius 3 is 2.62 bits per heavy atom. The molecule has 118 valence electrons. The van der Waals surface area contributed by atoms with Gasteiger partial charge in [-0.25, -0.2) is 13.1 Å². The normalized spacial score (nSPS) is 11.4. The minimum Gasteiger partial charge on any atom is -0.352 e. The molecule has 0 heterocycles. The summed E-state index contributed by atoms with van der Waals surface area (Å²) in [6.45, 7) is 4.90. The van der Waals surface area contributed by atoms with Crippen molar-refractivity contribution in [1.82, 2.24) is 10.0 Å². The van der Waals surface area contributed by atoms with Crippen LogP contribution in [-0.4, -0.2) is 34.0 Å². The Bertz CT molecular complexity index is 585. The van der Waals surface area contributed by atoms with E-state index in [0.717, 1.165) is 18.4 Å². The fourth-order valence-electron chi connectivity index (χ4n) is 1.85. The maximum Gasteiger partial charge on any atom is 0.251 e. The Morgan fingerprint density at radius 1 is 1.29 bits per heavy atom. The molecule has 0 saturated heterocycles. The molecule has 1 amide bonds. The summed E-state index contributed by atoms with van der Waals surface area (Å²) in [7, 11) is -3.56. The molecule has 4 N–H and O–H groups in total. The highest BCUT2D eigenvalue weighted by molar-refractivity contribution is 7.89. The van der Waals surface area contributed by atoms with E-state index >= 15 is 0 Å². The van der Waals surface area contributed by atoms with Crippen molar-refractivity contribution in [3.8, 4) is 0 Å². The molecule has 0 aliphatic heterocycles. The van der Waals surface area contributed by atoms with Gasteiger partial charge in [-0.3, -0.25) is 4.79 Å². The highest BCUT2D eigenvalue weighted by atomic mass is 32.2. The zero-order chi connectivity index (χ0) is 15.9. The summed E-state index contributed by atoms with van der Waals surface area (Å²) < 4.78 is 26.3. The van der Waals surface area contributed by atoms with E-state index in [1.807, 2.05) is 0 Å². The summed E-state index contributed by atoms with van der Waals surface area (Å²) in [5.74, 6) is -0.266. The van der Waals surface area contributed by atoms with E-state index in [1.165, 1.54) is 12.1 Å². The molecular weight excluding hydrogens is 290 g/mol. The van der Waals surface area contributed by atoms with Crippen molar-refractivity contribution in [2.75, 3.05) is 19.6 Å². The predicted octanol–water partition coefficient (Wildman–Crippen LogP) is 0.762. The van der Waals surface area contributed by atoms with Crippen molar-refractivity contribution in [2.45, 2.75) is 31.6 Å². The van der Waals surface area contributed by atoms with Gasteiger partial charge in [-0.1, -0.05) is 13.0 Å². The second-order valence-electron chi connectivity index (χ2n) is 4.73. The van der Waals surface area contributed by atoms with Crippen molar-refractivity contribution in [3.05, 3.63) is 29.3 Å². The van der Waals surface area contributed by atoms with Crippen molar-refractivity contribution in [3.63, 3.8) is 0 Å². The lowest BCUT2D eigenvalue weighted by Crippen LogP contribution is -2.27. The SMILES string of the molecule is CCNS(=O)(=O)c1ccc(C)c(C(=O)NCCCCN)c1. The number of nitrogens with one attached hydrogen (secondary N) is 2. The van der Waals surface area contributed by atoms with Gasteiger partial charge in [0, 0.05) is 18.7 Å². The molecule has 1 rings (SSSR count). The van der Waals surface area contributed by atoms with Crippen LogP contribution in [-0.2, 0) is 10.0 Å². The molecule has 0 unspecified atom stereocenters. The minimum absolute atomic E-state index is 0.0991. The van der Waals surface area contributed by atoms with Gasteiger partial charge in [0.15, 0.2) is 0 Å². The summed E-state index contributed by atoms with van der Waals surface area (Å²) in [6.07, 6.45) is 1.64. The number of aryl methyl sites for hydroxylation is 1. The van der Waals surface area contributed by atoms with Gasteiger partial charge < -0.3 is 11.1 Å². The number of carbonyl (C=O) groups is 1. The maximum atomic E-state index is 12.1. The Kier molecular flexibility index (Phi) is 6.80. The van der Waals surface area contributed by atoms with Gasteiger partial charge in [-0.05, 0) is 44.0 Å². The first-order chi connectivity index (χ1) is 9.92. The molecule has 0 aliphatic rings. The van der Waals surface area contributed by atoms with E-state index in [0.29, 0.717) is 25.2 Å². The second kappa shape index (κ2) is 8.11. The van der Waals surface area contributed by atoms with Crippen molar-refractivity contribution in [1.29, 1.82) is 0 Å². The highest BCUT2D eigenvalue weighted by Crippen LogP contribution is 2.15. The Morgan fingerprint density at radius 2 is 2.00 bits per heavy atom. The highest BCUT2D eigenvalue weighted by Gasteiger charge is 2.16. The molecule has 0 aliphatic carbocycles. The molecule has 0 atom stereocenters. The molecule has 0 saturated carbocycles. The zero-order valence-corrected chi connectivity index (χ0v) is 13.3. The first-order valence-electron chi connectivity index (χ1n) is 7.01. The molecule has 21 heavy (non-hydrogen) atoms. The Labute approximate surface area is 126 Å². The van der Waals surface area contributed by atoms with Crippen LogP contribution in [0.5, 0.6) is 0 Å². The Hall–Kier alpha value is -1.44. The number of sulfonamides is 1. The quantitative estimate of drug-likeness (QED) is 0.617. The van der Waals surface area contributed by atoms with Crippen molar-refractivity contribution >= 4 is 15.9 Å². The number of amides is 1. The fourth-order valence-corrected chi connectivity index (χ4v) is 2.92. The second-order valence-corrected chi connectivity index (χ2v) is 6.50. The van der Waals surface area contributed by atoms with Gasteiger partial charge in [0.1, 0.15) is 0 Å². The van der Waals surface area contributed by atoms with Crippen LogP contribution in [0.2, 0.25) is 0 Å². The van der Waals surface area contributed by atoms with Crippen LogP contribution in [0.3, 0.4) is 0 Å². The first-order valence-corrected chi connectivity index (χ1v) is 8.49. The molecule has 6 nitrogen and oxygen atoms in total. The lowest BCUT2D eigenvalue weighted by molar-refractivity contribution is 0.0952. The van der Waals surface area contributed by atoms with E-state index < -0.39 is 10.0 Å². The molecule has 0 bridgehead atoms. The van der Waals surface area contributed by atoms with Gasteiger partial charge in [0.25, 0.3) is 5.91 Å². The third kappa shape index (κ3) is 5.11. The molecule has 0 radical (unpaired) electrons. The Balaban J connectivity index is 2.90. The molecule has 0 spiro atoms. The van der Waals surface area contributed by atoms with Gasteiger partial charge in [0.05, 0.1) is 4.90 Å². The number of nitrogens with two attached hydrogens (primary N) is 1. The number of rotatable bonds is 8. The standard InChI is InChI=1S/C14H23N3O3S/c1-3-17-21(19,20)12-7-6-11(2)13(10-12)14(18)16-9-5-4-8-15/h6-7,10,17H,3-5,8-9,15H2,1-2H3,(H,16,18).